The van der Waals surface area contributed by atoms with Crippen LogP contribution in [0.15, 0.2) is 30.5 Å². The molecule has 1 unspecified atom stereocenters. The molecule has 0 saturated carbocycles. The van der Waals surface area contributed by atoms with Gasteiger partial charge in [0.05, 0.1) is 7.11 Å². The lowest BCUT2D eigenvalue weighted by Crippen LogP contribution is -2.18. The van der Waals surface area contributed by atoms with E-state index in [-0.39, 0.29) is 6.04 Å². The summed E-state index contributed by atoms with van der Waals surface area (Å²) in [7, 11) is 1.70. The van der Waals surface area contributed by atoms with Crippen molar-refractivity contribution >= 4 is 0 Å². The number of rotatable bonds is 5. The van der Waals surface area contributed by atoms with Crippen LogP contribution >= 0.6 is 0 Å². The van der Waals surface area contributed by atoms with Gasteiger partial charge in [-0.3, -0.25) is 0 Å². The molecule has 1 aromatic carbocycles. The normalized spacial score (nSPS) is 12.4. The Morgan fingerprint density at radius 2 is 2.17 bits per heavy atom. The van der Waals surface area contributed by atoms with Crippen molar-refractivity contribution in [3.8, 4) is 5.75 Å². The van der Waals surface area contributed by atoms with Crippen LogP contribution in [-0.4, -0.2) is 17.1 Å². The third-order valence-corrected chi connectivity index (χ3v) is 2.96. The molecule has 0 aliphatic rings. The molecule has 0 bridgehead atoms. The molecule has 2 N–H and O–H groups in total. The highest BCUT2D eigenvalue weighted by Gasteiger charge is 2.10. The lowest BCUT2D eigenvalue weighted by atomic mass is 10.1. The van der Waals surface area contributed by atoms with Gasteiger partial charge in [0.25, 0.3) is 0 Å². The zero-order chi connectivity index (χ0) is 13.0. The molecule has 1 heterocycles. The Morgan fingerprint density at radius 1 is 1.39 bits per heavy atom. The number of methoxy groups -OCH3 is 1. The fraction of sp³-hybridized carbons (Fsp3) is 0.357. The lowest BCUT2D eigenvalue weighted by Gasteiger charge is -2.16. The van der Waals surface area contributed by atoms with Crippen molar-refractivity contribution in [2.24, 2.45) is 0 Å². The molecule has 0 fully saturated rings. The van der Waals surface area contributed by atoms with Gasteiger partial charge in [-0.2, -0.15) is 0 Å². The fourth-order valence-electron chi connectivity index (χ4n) is 1.96. The average Bonchev–Trinajstić information content (AvgIpc) is 2.81. The Hall–Kier alpha value is -1.81. The number of hydrogen-bond donors (Lipinski definition) is 2. The van der Waals surface area contributed by atoms with Gasteiger partial charge in [0.1, 0.15) is 11.6 Å². The zero-order valence-electron chi connectivity index (χ0n) is 11.0. The number of nitrogens with one attached hydrogen (secondary N) is 2. The molecule has 0 radical (unpaired) electrons. The second-order valence-corrected chi connectivity index (χ2v) is 4.34. The number of aromatic amines is 1. The first-order valence-corrected chi connectivity index (χ1v) is 6.07. The Labute approximate surface area is 107 Å². The first-order chi connectivity index (χ1) is 8.70. The van der Waals surface area contributed by atoms with Crippen LogP contribution in [0, 0.1) is 6.92 Å². The molecule has 0 spiro atoms. The van der Waals surface area contributed by atoms with Crippen LogP contribution < -0.4 is 10.1 Å². The third-order valence-electron chi connectivity index (χ3n) is 2.96. The summed E-state index contributed by atoms with van der Waals surface area (Å²) >= 11 is 0. The van der Waals surface area contributed by atoms with E-state index in [4.69, 9.17) is 4.74 Å². The Morgan fingerprint density at radius 3 is 2.83 bits per heavy atom. The van der Waals surface area contributed by atoms with Gasteiger partial charge in [0.2, 0.25) is 0 Å². The number of imidazole rings is 1. The first-order valence-electron chi connectivity index (χ1n) is 6.07. The number of ether oxygens (including phenoxy) is 1. The minimum atomic E-state index is 0.227. The van der Waals surface area contributed by atoms with E-state index in [2.05, 4.69) is 28.3 Å². The summed E-state index contributed by atoms with van der Waals surface area (Å²) in [6.45, 7) is 4.84. The highest BCUT2D eigenvalue weighted by atomic mass is 16.5. The van der Waals surface area contributed by atoms with Crippen molar-refractivity contribution in [3.05, 3.63) is 47.5 Å². The van der Waals surface area contributed by atoms with E-state index < -0.39 is 0 Å². The van der Waals surface area contributed by atoms with Gasteiger partial charge in [-0.25, -0.2) is 4.98 Å². The van der Waals surface area contributed by atoms with E-state index >= 15 is 0 Å². The fourth-order valence-corrected chi connectivity index (χ4v) is 1.96. The third kappa shape index (κ3) is 2.90. The van der Waals surface area contributed by atoms with E-state index in [1.165, 1.54) is 0 Å². The zero-order valence-corrected chi connectivity index (χ0v) is 11.0. The number of hydrogen-bond acceptors (Lipinski definition) is 3. The minimum Gasteiger partial charge on any atom is -0.496 e. The lowest BCUT2D eigenvalue weighted by molar-refractivity contribution is 0.401. The van der Waals surface area contributed by atoms with E-state index in [0.717, 1.165) is 29.4 Å². The van der Waals surface area contributed by atoms with Crippen molar-refractivity contribution in [1.29, 1.82) is 0 Å². The largest absolute Gasteiger partial charge is 0.496 e. The average molecular weight is 245 g/mol. The van der Waals surface area contributed by atoms with Crippen LogP contribution in [0.4, 0.5) is 0 Å². The van der Waals surface area contributed by atoms with Crippen LogP contribution in [0.3, 0.4) is 0 Å². The van der Waals surface area contributed by atoms with E-state index in [1.54, 1.807) is 7.11 Å². The molecule has 4 nitrogen and oxygen atoms in total. The summed E-state index contributed by atoms with van der Waals surface area (Å²) < 4.78 is 5.36. The van der Waals surface area contributed by atoms with Crippen molar-refractivity contribution in [1.82, 2.24) is 15.3 Å². The van der Waals surface area contributed by atoms with Gasteiger partial charge in [0.15, 0.2) is 0 Å². The number of aromatic nitrogens is 2. The molecule has 0 aliphatic heterocycles. The quantitative estimate of drug-likeness (QED) is 0.851. The maximum Gasteiger partial charge on any atom is 0.123 e. The molecule has 1 atom stereocenters. The highest BCUT2D eigenvalue weighted by molar-refractivity contribution is 5.35. The van der Waals surface area contributed by atoms with Crippen LogP contribution in [0.25, 0.3) is 0 Å². The predicted octanol–water partition coefficient (Wildman–Crippen LogP) is 2.58. The molecule has 2 aromatic rings. The van der Waals surface area contributed by atoms with Crippen LogP contribution in [0.5, 0.6) is 5.75 Å². The van der Waals surface area contributed by atoms with Gasteiger partial charge >= 0.3 is 0 Å². The van der Waals surface area contributed by atoms with Crippen molar-refractivity contribution in [3.63, 3.8) is 0 Å². The molecule has 1 aromatic heterocycles. The summed E-state index contributed by atoms with van der Waals surface area (Å²) in [5.74, 6) is 1.86. The van der Waals surface area contributed by atoms with Crippen molar-refractivity contribution in [2.75, 3.05) is 7.11 Å². The molecule has 18 heavy (non-hydrogen) atoms. The Kier molecular flexibility index (Phi) is 3.99. The SMILES string of the molecule is COc1ccccc1C(C)NCc1cnc(C)[nH]1. The van der Waals surface area contributed by atoms with Gasteiger partial charge in [-0.1, -0.05) is 18.2 Å². The van der Waals surface area contributed by atoms with Crippen LogP contribution in [0.2, 0.25) is 0 Å². The molecule has 4 heteroatoms. The molecule has 96 valence electrons. The number of benzene rings is 1. The van der Waals surface area contributed by atoms with Gasteiger partial charge in [-0.05, 0) is 19.9 Å². The van der Waals surface area contributed by atoms with Crippen molar-refractivity contribution < 1.29 is 4.74 Å². The number of para-hydroxylation sites is 1. The number of aryl methyl sites for hydroxylation is 1. The maximum atomic E-state index is 5.36. The topological polar surface area (TPSA) is 49.9 Å². The molecular formula is C14H19N3O. The smallest absolute Gasteiger partial charge is 0.123 e. The predicted molar refractivity (Wildman–Crippen MR) is 71.6 cm³/mol. The minimum absolute atomic E-state index is 0.227. The Balaban J connectivity index is 2.01. The van der Waals surface area contributed by atoms with E-state index in [0.29, 0.717) is 0 Å². The number of nitrogens with zero attached hydrogens (tertiary/aromatic N) is 1. The first kappa shape index (κ1) is 12.6. The van der Waals surface area contributed by atoms with E-state index in [9.17, 15) is 0 Å². The molecule has 2 rings (SSSR count). The standard InChI is InChI=1S/C14H19N3O/c1-10(13-6-4-5-7-14(13)18-3)15-8-12-9-16-11(2)17-12/h4-7,9-10,15H,8H2,1-3H3,(H,16,17). The highest BCUT2D eigenvalue weighted by Crippen LogP contribution is 2.24. The second-order valence-electron chi connectivity index (χ2n) is 4.34. The summed E-state index contributed by atoms with van der Waals surface area (Å²) in [5.41, 5.74) is 2.26. The summed E-state index contributed by atoms with van der Waals surface area (Å²) in [5, 5.41) is 3.45. The second kappa shape index (κ2) is 5.69. The molecule has 0 saturated heterocycles. The maximum absolute atomic E-state index is 5.36. The molecule has 0 aliphatic carbocycles. The van der Waals surface area contributed by atoms with Gasteiger partial charge < -0.3 is 15.0 Å². The summed E-state index contributed by atoms with van der Waals surface area (Å²) in [6, 6.07) is 8.29. The van der Waals surface area contributed by atoms with Crippen LogP contribution in [-0.2, 0) is 6.54 Å². The van der Waals surface area contributed by atoms with Crippen molar-refractivity contribution in [2.45, 2.75) is 26.4 Å². The monoisotopic (exact) mass is 245 g/mol. The molecular weight excluding hydrogens is 226 g/mol. The van der Waals surface area contributed by atoms with Gasteiger partial charge in [-0.15, -0.1) is 0 Å². The molecule has 0 amide bonds. The van der Waals surface area contributed by atoms with Gasteiger partial charge in [0, 0.05) is 30.0 Å². The Bertz CT molecular complexity index is 507. The number of H-pyrrole nitrogens is 1. The summed E-state index contributed by atoms with van der Waals surface area (Å²) in [6.07, 6.45) is 1.86. The van der Waals surface area contributed by atoms with Crippen LogP contribution in [0.1, 0.15) is 30.0 Å². The summed E-state index contributed by atoms with van der Waals surface area (Å²) in [4.78, 5) is 7.39. The van der Waals surface area contributed by atoms with E-state index in [1.807, 2.05) is 31.3 Å².